The van der Waals surface area contributed by atoms with Gasteiger partial charge in [0.25, 0.3) is 0 Å². The molecule has 4 unspecified atom stereocenters. The first-order valence-corrected chi connectivity index (χ1v) is 13.2. The quantitative estimate of drug-likeness (QED) is 0.520. The Bertz CT molecular complexity index is 639. The van der Waals surface area contributed by atoms with Crippen molar-refractivity contribution in [1.29, 1.82) is 0 Å². The van der Waals surface area contributed by atoms with Gasteiger partial charge in [0.15, 0.2) is 0 Å². The topological polar surface area (TPSA) is 80.9 Å². The molecule has 0 aromatic rings. The van der Waals surface area contributed by atoms with E-state index in [0.717, 1.165) is 51.4 Å². The van der Waals surface area contributed by atoms with E-state index in [9.17, 15) is 20.4 Å². The molecule has 0 aromatic heterocycles. The maximum Gasteiger partial charge on any atom is 0.0605 e. The van der Waals surface area contributed by atoms with Crippen LogP contribution >= 0.6 is 0 Å². The Balaban J connectivity index is 1.67. The van der Waals surface area contributed by atoms with Crippen LogP contribution in [-0.4, -0.2) is 45.3 Å². The number of aliphatic hydroxyl groups excluding tert-OH is 4. The Labute approximate surface area is 189 Å². The van der Waals surface area contributed by atoms with Crippen LogP contribution in [0.5, 0.6) is 0 Å². The molecule has 0 aliphatic heterocycles. The summed E-state index contributed by atoms with van der Waals surface area (Å²) in [6.45, 7) is 11.6. The van der Waals surface area contributed by atoms with Gasteiger partial charge in [-0.2, -0.15) is 0 Å². The van der Waals surface area contributed by atoms with E-state index in [1.165, 1.54) is 0 Å². The Morgan fingerprint density at radius 3 is 2.29 bits per heavy atom. The normalized spacial score (nSPS) is 53.9. The second-order valence-corrected chi connectivity index (χ2v) is 12.7. The molecule has 13 atom stereocenters. The summed E-state index contributed by atoms with van der Waals surface area (Å²) in [4.78, 5) is 0. The molecule has 4 N–H and O–H groups in total. The molecule has 0 spiro atoms. The first-order chi connectivity index (χ1) is 14.6. The van der Waals surface area contributed by atoms with Gasteiger partial charge in [-0.25, -0.2) is 0 Å². The Morgan fingerprint density at radius 1 is 0.935 bits per heavy atom. The van der Waals surface area contributed by atoms with Crippen LogP contribution in [0.2, 0.25) is 0 Å². The van der Waals surface area contributed by atoms with Gasteiger partial charge >= 0.3 is 0 Å². The molecular formula is C27H48O4. The zero-order chi connectivity index (χ0) is 22.7. The van der Waals surface area contributed by atoms with Gasteiger partial charge in [-0.15, -0.1) is 0 Å². The van der Waals surface area contributed by atoms with Crippen molar-refractivity contribution in [2.24, 2.45) is 58.2 Å². The highest BCUT2D eigenvalue weighted by Crippen LogP contribution is 2.69. The van der Waals surface area contributed by atoms with Crippen LogP contribution in [0.15, 0.2) is 0 Å². The summed E-state index contributed by atoms with van der Waals surface area (Å²) in [6, 6.07) is 0. The summed E-state index contributed by atoms with van der Waals surface area (Å²) < 4.78 is 0. The molecule has 0 saturated heterocycles. The number of hydrogen-bond acceptors (Lipinski definition) is 4. The van der Waals surface area contributed by atoms with Crippen molar-refractivity contribution in [2.45, 2.75) is 104 Å². The SMILES string of the molecule is CC[C@H]1C(O)C2C3CC[C@H]([C@H](C)C[C@@H](C)CO)[C@@]3(C)[C@@H](O)CC2[C@@]2(C)CC[C@@H](O)C[C@@H]12. The maximum absolute atomic E-state index is 11.8. The molecule has 31 heavy (non-hydrogen) atoms. The smallest absolute Gasteiger partial charge is 0.0605 e. The van der Waals surface area contributed by atoms with Crippen LogP contribution in [0.1, 0.15) is 86.0 Å². The van der Waals surface area contributed by atoms with Gasteiger partial charge in [0.1, 0.15) is 0 Å². The minimum Gasteiger partial charge on any atom is -0.396 e. The van der Waals surface area contributed by atoms with E-state index in [1.807, 2.05) is 0 Å². The van der Waals surface area contributed by atoms with E-state index in [1.54, 1.807) is 0 Å². The van der Waals surface area contributed by atoms with Gasteiger partial charge in [0, 0.05) is 6.61 Å². The number of aliphatic hydroxyl groups is 4. The first-order valence-electron chi connectivity index (χ1n) is 13.2. The van der Waals surface area contributed by atoms with Gasteiger partial charge < -0.3 is 20.4 Å². The van der Waals surface area contributed by atoms with Gasteiger partial charge in [0.05, 0.1) is 18.3 Å². The van der Waals surface area contributed by atoms with Crippen molar-refractivity contribution in [2.75, 3.05) is 6.61 Å². The molecule has 4 heteroatoms. The lowest BCUT2D eigenvalue weighted by Crippen LogP contribution is -2.65. The van der Waals surface area contributed by atoms with Crippen molar-refractivity contribution in [3.05, 3.63) is 0 Å². The Kier molecular flexibility index (Phi) is 6.62. The molecule has 0 aromatic carbocycles. The summed E-state index contributed by atoms with van der Waals surface area (Å²) in [5, 5.41) is 43.5. The second-order valence-electron chi connectivity index (χ2n) is 12.7. The molecule has 0 bridgehead atoms. The maximum atomic E-state index is 11.8. The van der Waals surface area contributed by atoms with Crippen molar-refractivity contribution in [3.63, 3.8) is 0 Å². The van der Waals surface area contributed by atoms with E-state index < -0.39 is 0 Å². The lowest BCUT2D eigenvalue weighted by Gasteiger charge is -2.65. The fourth-order valence-corrected chi connectivity index (χ4v) is 9.76. The minimum absolute atomic E-state index is 0.112. The van der Waals surface area contributed by atoms with Crippen molar-refractivity contribution in [1.82, 2.24) is 0 Å². The Morgan fingerprint density at radius 2 is 1.65 bits per heavy atom. The van der Waals surface area contributed by atoms with Gasteiger partial charge in [-0.3, -0.25) is 0 Å². The molecular weight excluding hydrogens is 388 g/mol. The monoisotopic (exact) mass is 436 g/mol. The molecule has 4 aliphatic carbocycles. The van der Waals surface area contributed by atoms with Crippen LogP contribution in [0.3, 0.4) is 0 Å². The predicted octanol–water partition coefficient (Wildman–Crippen LogP) is 4.24. The largest absolute Gasteiger partial charge is 0.396 e. The summed E-state index contributed by atoms with van der Waals surface area (Å²) in [7, 11) is 0. The van der Waals surface area contributed by atoms with Crippen molar-refractivity contribution in [3.8, 4) is 0 Å². The van der Waals surface area contributed by atoms with E-state index in [-0.39, 0.29) is 47.6 Å². The summed E-state index contributed by atoms with van der Waals surface area (Å²) in [5.41, 5.74) is -0.0341. The third kappa shape index (κ3) is 3.54. The van der Waals surface area contributed by atoms with Crippen LogP contribution in [0.4, 0.5) is 0 Å². The summed E-state index contributed by atoms with van der Waals surface area (Å²) in [6.07, 6.45) is 6.82. The number of rotatable bonds is 5. The average molecular weight is 437 g/mol. The second kappa shape index (κ2) is 8.56. The zero-order valence-electron chi connectivity index (χ0n) is 20.5. The molecule has 4 saturated carbocycles. The third-order valence-electron chi connectivity index (χ3n) is 11.3. The molecule has 0 heterocycles. The average Bonchev–Trinajstić information content (AvgIpc) is 3.09. The van der Waals surface area contributed by atoms with Gasteiger partial charge in [-0.1, -0.05) is 41.0 Å². The highest BCUT2D eigenvalue weighted by atomic mass is 16.3. The zero-order valence-corrected chi connectivity index (χ0v) is 20.5. The molecule has 4 nitrogen and oxygen atoms in total. The molecule has 4 rings (SSSR count). The standard InChI is InChI=1S/C27H48O4/c1-6-18-21-12-17(29)9-10-26(21,4)22-13-23(30)27(5)19(16(3)11-15(2)14-28)7-8-20(27)24(22)25(18)31/h15-25,28-31H,6-14H2,1-5H3/t15-,16-,17-,18-,19-,20?,21+,22?,23+,24?,25?,26+,27-/m1/s1. The van der Waals surface area contributed by atoms with Crippen molar-refractivity contribution < 1.29 is 20.4 Å². The predicted molar refractivity (Wildman–Crippen MR) is 123 cm³/mol. The molecule has 0 radical (unpaired) electrons. The molecule has 180 valence electrons. The lowest BCUT2D eigenvalue weighted by atomic mass is 9.41. The minimum atomic E-state index is -0.326. The van der Waals surface area contributed by atoms with E-state index in [2.05, 4.69) is 34.6 Å². The van der Waals surface area contributed by atoms with E-state index >= 15 is 0 Å². The fourth-order valence-electron chi connectivity index (χ4n) is 9.76. The van der Waals surface area contributed by atoms with Crippen LogP contribution in [0.25, 0.3) is 0 Å². The summed E-state index contributed by atoms with van der Waals surface area (Å²) >= 11 is 0. The van der Waals surface area contributed by atoms with Gasteiger partial charge in [-0.05, 0) is 103 Å². The number of hydrogen-bond donors (Lipinski definition) is 4. The lowest BCUT2D eigenvalue weighted by molar-refractivity contribution is -0.228. The first kappa shape index (κ1) is 24.0. The molecule has 4 fully saturated rings. The van der Waals surface area contributed by atoms with Crippen LogP contribution < -0.4 is 0 Å². The highest BCUT2D eigenvalue weighted by molar-refractivity contribution is 5.15. The van der Waals surface area contributed by atoms with Crippen LogP contribution in [-0.2, 0) is 0 Å². The third-order valence-corrected chi connectivity index (χ3v) is 11.3. The van der Waals surface area contributed by atoms with Gasteiger partial charge in [0.2, 0.25) is 0 Å². The Hall–Kier alpha value is -0.160. The number of fused-ring (bicyclic) bond motifs is 5. The van der Waals surface area contributed by atoms with E-state index in [4.69, 9.17) is 0 Å². The van der Waals surface area contributed by atoms with Crippen LogP contribution in [0, 0.1) is 58.2 Å². The highest BCUT2D eigenvalue weighted by Gasteiger charge is 2.67. The molecule has 0 amide bonds. The molecule has 4 aliphatic rings. The van der Waals surface area contributed by atoms with E-state index in [0.29, 0.717) is 35.5 Å². The fraction of sp³-hybridized carbons (Fsp3) is 1.00. The van der Waals surface area contributed by atoms with Crippen molar-refractivity contribution >= 4 is 0 Å². The summed E-state index contributed by atoms with van der Waals surface area (Å²) in [5.74, 6) is 2.81.